The van der Waals surface area contributed by atoms with Gasteiger partial charge in [0.15, 0.2) is 11.9 Å². The summed E-state index contributed by atoms with van der Waals surface area (Å²) in [5.74, 6) is -2.75. The first kappa shape index (κ1) is 38.1. The van der Waals surface area contributed by atoms with Crippen molar-refractivity contribution >= 4 is 33.5 Å². The van der Waals surface area contributed by atoms with Crippen LogP contribution in [0.25, 0.3) is 10.2 Å². The molecule has 53 heavy (non-hydrogen) atoms. The van der Waals surface area contributed by atoms with Gasteiger partial charge in [0.1, 0.15) is 23.7 Å². The zero-order valence-electron chi connectivity index (χ0n) is 31.5. The second-order valence-corrected chi connectivity index (χ2v) is 16.9. The molecule has 5 heterocycles. The number of benzene rings is 1. The molecule has 2 N–H and O–H groups in total. The van der Waals surface area contributed by atoms with E-state index in [4.69, 9.17) is 23.7 Å². The van der Waals surface area contributed by atoms with Crippen molar-refractivity contribution in [2.24, 2.45) is 23.7 Å². The van der Waals surface area contributed by atoms with Gasteiger partial charge in [-0.25, -0.2) is 9.78 Å². The highest BCUT2D eigenvalue weighted by molar-refractivity contribution is 7.16. The molecule has 1 aromatic heterocycles. The first-order valence-electron chi connectivity index (χ1n) is 19.2. The molecule has 0 amide bonds. The maximum absolute atomic E-state index is 14.5. The second kappa shape index (κ2) is 15.2. The van der Waals surface area contributed by atoms with Crippen molar-refractivity contribution in [3.05, 3.63) is 76.4 Å². The number of hydrogen-bond acceptors (Lipinski definition) is 11. The standard InChI is InChI=1S/C42H53NO9S/c1-7-23(2)36-26(5)15-16-41(52-36)20-31-19-30(51-41)13-11-25(4)35(44)24(3)9-8-10-29-21-48-38-37(27(6)17-32(40(46)49-31)42(29,38)47)50-39(45)28-12-14-33-34(18-28)53-22-43-33/h8-12,14,17-18,22-24,26,30-32,35-38,44,47H,7,13,15-16,19-21H2,1-6H3/b9-8+,25-11+,29-10+/t23-,24-,26-,30+,31-,32-,35-,36+,37+,38+,41+,42+/m0/s1. The molecule has 4 aliphatic heterocycles. The zero-order valence-corrected chi connectivity index (χ0v) is 32.3. The molecule has 0 unspecified atom stereocenters. The monoisotopic (exact) mass is 747 g/mol. The lowest BCUT2D eigenvalue weighted by atomic mass is 9.70. The van der Waals surface area contributed by atoms with E-state index in [1.165, 1.54) is 11.3 Å². The number of aliphatic hydroxyl groups is 2. The van der Waals surface area contributed by atoms with Gasteiger partial charge in [-0.2, -0.15) is 0 Å². The first-order chi connectivity index (χ1) is 25.3. The van der Waals surface area contributed by atoms with E-state index in [1.807, 2.05) is 26.0 Å². The summed E-state index contributed by atoms with van der Waals surface area (Å²) in [5, 5.41) is 24.0. The molecule has 2 bridgehead atoms. The Bertz CT molecular complexity index is 1830. The summed E-state index contributed by atoms with van der Waals surface area (Å²) < 4.78 is 33.3. The fraction of sp³-hybridized carbons (Fsp3) is 0.595. The highest BCUT2D eigenvalue weighted by Gasteiger charge is 2.61. The van der Waals surface area contributed by atoms with Gasteiger partial charge < -0.3 is 33.9 Å². The average Bonchev–Trinajstić information content (AvgIpc) is 3.75. The van der Waals surface area contributed by atoms with Crippen LogP contribution in [0.2, 0.25) is 0 Å². The van der Waals surface area contributed by atoms with E-state index < -0.39 is 53.7 Å². The highest BCUT2D eigenvalue weighted by Crippen LogP contribution is 2.48. The lowest BCUT2D eigenvalue weighted by Crippen LogP contribution is -2.59. The van der Waals surface area contributed by atoms with Crippen LogP contribution in [0.15, 0.2) is 70.8 Å². The van der Waals surface area contributed by atoms with E-state index in [9.17, 15) is 19.8 Å². The lowest BCUT2D eigenvalue weighted by molar-refractivity contribution is -0.340. The highest BCUT2D eigenvalue weighted by atomic mass is 32.1. The van der Waals surface area contributed by atoms with Crippen molar-refractivity contribution < 1.29 is 43.5 Å². The number of hydrogen-bond donors (Lipinski definition) is 2. The van der Waals surface area contributed by atoms with Gasteiger partial charge in [0.05, 0.1) is 46.2 Å². The smallest absolute Gasteiger partial charge is 0.338 e. The van der Waals surface area contributed by atoms with Gasteiger partial charge in [0, 0.05) is 25.2 Å². The fourth-order valence-corrected chi connectivity index (χ4v) is 9.57. The SMILES string of the molecule is CC[C@H](C)[C@H]1O[C@]2(CC[C@@H]1C)C[C@@H]1C[C@@H](C/C=C(\C)[C@@H](O)[C@@H](C)/C=C/C=C3\CO[C@@H]4[C@H](OC(=O)c5ccc6ncsc6c5)C(C)=C[C@@H](C(=O)O1)[C@]34O)O2. The van der Waals surface area contributed by atoms with E-state index in [0.29, 0.717) is 54.2 Å². The molecule has 1 aliphatic carbocycles. The number of fused-ring (bicyclic) bond motifs is 3. The minimum Gasteiger partial charge on any atom is -0.462 e. The van der Waals surface area contributed by atoms with Crippen molar-refractivity contribution in [3.63, 3.8) is 0 Å². The van der Waals surface area contributed by atoms with E-state index in [1.54, 1.807) is 48.9 Å². The molecule has 286 valence electrons. The number of nitrogens with zero attached hydrogens (tertiary/aromatic N) is 1. The summed E-state index contributed by atoms with van der Waals surface area (Å²) in [6.45, 7) is 12.2. The lowest BCUT2D eigenvalue weighted by Gasteiger charge is -2.51. The molecule has 0 radical (unpaired) electrons. The van der Waals surface area contributed by atoms with Gasteiger partial charge in [0.2, 0.25) is 0 Å². The maximum Gasteiger partial charge on any atom is 0.338 e. The van der Waals surface area contributed by atoms with Crippen LogP contribution in [-0.4, -0.2) is 81.8 Å². The van der Waals surface area contributed by atoms with Gasteiger partial charge in [-0.05, 0) is 73.4 Å². The van der Waals surface area contributed by atoms with Crippen LogP contribution in [0, 0.1) is 23.7 Å². The average molecular weight is 748 g/mol. The van der Waals surface area contributed by atoms with Crippen molar-refractivity contribution in [2.75, 3.05) is 6.61 Å². The Morgan fingerprint density at radius 1 is 1.17 bits per heavy atom. The Morgan fingerprint density at radius 2 is 1.98 bits per heavy atom. The summed E-state index contributed by atoms with van der Waals surface area (Å²) in [4.78, 5) is 32.3. The Hall–Kier alpha value is -3.19. The van der Waals surface area contributed by atoms with Crippen molar-refractivity contribution in [1.29, 1.82) is 0 Å². The summed E-state index contributed by atoms with van der Waals surface area (Å²) >= 11 is 1.43. The van der Waals surface area contributed by atoms with Crippen LogP contribution in [0.5, 0.6) is 0 Å². The Kier molecular flexibility index (Phi) is 10.9. The minimum atomic E-state index is -1.87. The quantitative estimate of drug-likeness (QED) is 0.249. The molecule has 7 rings (SSSR count). The van der Waals surface area contributed by atoms with Gasteiger partial charge in [-0.3, -0.25) is 4.79 Å². The minimum absolute atomic E-state index is 0.00529. The molecule has 3 saturated heterocycles. The summed E-state index contributed by atoms with van der Waals surface area (Å²) in [5.41, 5.74) is 2.86. The van der Waals surface area contributed by atoms with Crippen molar-refractivity contribution in [2.45, 2.75) is 128 Å². The third-order valence-electron chi connectivity index (χ3n) is 12.3. The number of allylic oxidation sites excluding steroid dienone is 2. The molecule has 5 aliphatic rings. The third-order valence-corrected chi connectivity index (χ3v) is 13.0. The van der Waals surface area contributed by atoms with E-state index >= 15 is 0 Å². The van der Waals surface area contributed by atoms with E-state index in [-0.39, 0.29) is 24.7 Å². The number of carbonyl (C=O) groups excluding carboxylic acids is 2. The number of ether oxygens (including phenoxy) is 5. The van der Waals surface area contributed by atoms with Gasteiger partial charge in [-0.1, -0.05) is 64.5 Å². The molecule has 12 atom stereocenters. The predicted molar refractivity (Wildman–Crippen MR) is 201 cm³/mol. The van der Waals surface area contributed by atoms with E-state index in [0.717, 1.165) is 28.6 Å². The number of carbonyl (C=O) groups is 2. The zero-order chi connectivity index (χ0) is 37.7. The Balaban J connectivity index is 1.23. The van der Waals surface area contributed by atoms with Crippen LogP contribution in [0.3, 0.4) is 0 Å². The molecule has 10 nitrogen and oxygen atoms in total. The van der Waals surface area contributed by atoms with Crippen molar-refractivity contribution in [3.8, 4) is 0 Å². The Labute approximate surface area is 315 Å². The fourth-order valence-electron chi connectivity index (χ4n) is 8.85. The van der Waals surface area contributed by atoms with Crippen LogP contribution in [-0.2, 0) is 28.5 Å². The largest absolute Gasteiger partial charge is 0.462 e. The number of rotatable bonds is 4. The van der Waals surface area contributed by atoms with Crippen LogP contribution < -0.4 is 0 Å². The number of aromatic nitrogens is 1. The normalized spacial score (nSPS) is 40.9. The van der Waals surface area contributed by atoms with Gasteiger partial charge in [-0.15, -0.1) is 11.3 Å². The molecule has 1 aromatic carbocycles. The maximum atomic E-state index is 14.5. The molecule has 2 aromatic rings. The van der Waals surface area contributed by atoms with Gasteiger partial charge >= 0.3 is 11.9 Å². The molecule has 1 spiro atoms. The molecule has 0 saturated carbocycles. The van der Waals surface area contributed by atoms with Crippen LogP contribution in [0.4, 0.5) is 0 Å². The molecular weight excluding hydrogens is 695 g/mol. The predicted octanol–water partition coefficient (Wildman–Crippen LogP) is 7.01. The Morgan fingerprint density at radius 3 is 2.77 bits per heavy atom. The van der Waals surface area contributed by atoms with Gasteiger partial charge in [0.25, 0.3) is 0 Å². The topological polar surface area (TPSA) is 134 Å². The summed E-state index contributed by atoms with van der Waals surface area (Å²) in [7, 11) is 0. The van der Waals surface area contributed by atoms with Crippen molar-refractivity contribution in [1.82, 2.24) is 4.98 Å². The molecule has 11 heteroatoms. The molecule has 3 fully saturated rings. The first-order valence-corrected chi connectivity index (χ1v) is 20.0. The van der Waals surface area contributed by atoms with E-state index in [2.05, 4.69) is 25.8 Å². The number of thiazole rings is 1. The second-order valence-electron chi connectivity index (χ2n) is 16.0. The van der Waals surface area contributed by atoms with Crippen LogP contribution in [0.1, 0.15) is 90.4 Å². The third kappa shape index (κ3) is 7.33. The summed E-state index contributed by atoms with van der Waals surface area (Å²) in [6, 6.07) is 5.18. The number of aliphatic hydroxyl groups excluding tert-OH is 1. The van der Waals surface area contributed by atoms with Crippen LogP contribution >= 0.6 is 11.3 Å². The summed E-state index contributed by atoms with van der Waals surface area (Å²) in [6.07, 6.45) is 9.39. The number of esters is 2. The molecular formula is C42H53NO9S.